The van der Waals surface area contributed by atoms with E-state index in [1.807, 2.05) is 60.7 Å². The molecule has 0 radical (unpaired) electrons. The summed E-state index contributed by atoms with van der Waals surface area (Å²) in [4.78, 5) is 23.3. The van der Waals surface area contributed by atoms with E-state index in [9.17, 15) is 9.59 Å². The van der Waals surface area contributed by atoms with E-state index in [2.05, 4.69) is 10.6 Å². The third-order valence-corrected chi connectivity index (χ3v) is 5.30. The Morgan fingerprint density at radius 3 is 1.12 bits per heavy atom. The summed E-state index contributed by atoms with van der Waals surface area (Å²) >= 11 is 0. The van der Waals surface area contributed by atoms with Crippen LogP contribution >= 0.6 is 0 Å². The van der Waals surface area contributed by atoms with Crippen LogP contribution < -0.4 is 10.6 Å². The first-order valence-corrected chi connectivity index (χ1v) is 12.2. The van der Waals surface area contributed by atoms with Gasteiger partial charge in [0.25, 0.3) is 0 Å². The number of nitrogens with one attached hydrogen (secondary N) is 2. The SMILES string of the molecule is O=C(Nc1ccccc1)OCCCCCCCCCCCCCOC(=O)Nc1ccccc1. The highest BCUT2D eigenvalue weighted by Gasteiger charge is 2.03. The van der Waals surface area contributed by atoms with E-state index in [-0.39, 0.29) is 12.2 Å². The van der Waals surface area contributed by atoms with Crippen LogP contribution in [0, 0.1) is 0 Å². The Hall–Kier alpha value is -3.02. The van der Waals surface area contributed by atoms with Crippen LogP contribution in [-0.2, 0) is 9.47 Å². The van der Waals surface area contributed by atoms with Crippen molar-refractivity contribution in [3.8, 4) is 0 Å². The average molecular weight is 455 g/mol. The van der Waals surface area contributed by atoms with Gasteiger partial charge in [-0.05, 0) is 37.1 Å². The Morgan fingerprint density at radius 2 is 0.788 bits per heavy atom. The van der Waals surface area contributed by atoms with Gasteiger partial charge in [-0.3, -0.25) is 10.6 Å². The molecule has 0 saturated heterocycles. The number of amides is 2. The molecule has 2 aromatic rings. The number of carbonyl (C=O) groups excluding carboxylic acids is 2. The molecule has 6 heteroatoms. The second kappa shape index (κ2) is 17.5. The van der Waals surface area contributed by atoms with Crippen molar-refractivity contribution in [2.45, 2.75) is 70.6 Å². The molecule has 0 aliphatic rings. The molecular formula is C27H38N2O4. The lowest BCUT2D eigenvalue weighted by molar-refractivity contribution is 0.158. The Balaban J connectivity index is 1.28. The predicted molar refractivity (Wildman–Crippen MR) is 134 cm³/mol. The fourth-order valence-corrected chi connectivity index (χ4v) is 3.48. The van der Waals surface area contributed by atoms with Crippen molar-refractivity contribution in [2.75, 3.05) is 23.8 Å². The molecule has 0 aromatic heterocycles. The zero-order valence-electron chi connectivity index (χ0n) is 19.6. The lowest BCUT2D eigenvalue weighted by Crippen LogP contribution is -2.14. The molecule has 6 nitrogen and oxygen atoms in total. The van der Waals surface area contributed by atoms with E-state index < -0.39 is 0 Å². The zero-order chi connectivity index (χ0) is 23.4. The molecule has 2 amide bonds. The molecule has 0 fully saturated rings. The minimum absolute atomic E-state index is 0.386. The molecular weight excluding hydrogens is 416 g/mol. The lowest BCUT2D eigenvalue weighted by Gasteiger charge is -2.07. The Morgan fingerprint density at radius 1 is 0.485 bits per heavy atom. The van der Waals surface area contributed by atoms with Gasteiger partial charge >= 0.3 is 12.2 Å². The molecule has 2 N–H and O–H groups in total. The number of para-hydroxylation sites is 2. The van der Waals surface area contributed by atoms with Gasteiger partial charge in [-0.2, -0.15) is 0 Å². The highest BCUT2D eigenvalue weighted by Crippen LogP contribution is 2.12. The first-order valence-electron chi connectivity index (χ1n) is 12.2. The number of hydrogen-bond acceptors (Lipinski definition) is 4. The van der Waals surface area contributed by atoms with E-state index in [0.717, 1.165) is 37.1 Å². The van der Waals surface area contributed by atoms with Crippen molar-refractivity contribution >= 4 is 23.6 Å². The van der Waals surface area contributed by atoms with Crippen molar-refractivity contribution < 1.29 is 19.1 Å². The van der Waals surface area contributed by atoms with Crippen LogP contribution in [0.5, 0.6) is 0 Å². The van der Waals surface area contributed by atoms with Crippen molar-refractivity contribution in [3.05, 3.63) is 60.7 Å². The standard InChI is InChI=1S/C27H38N2O4/c30-26(28-24-18-12-10-13-19-24)32-22-16-8-6-4-2-1-3-5-7-9-17-23-33-27(31)29-25-20-14-11-15-21-25/h10-15,18-21H,1-9,16-17,22-23H2,(H,28,30)(H,29,31). The van der Waals surface area contributed by atoms with Crippen molar-refractivity contribution in [1.82, 2.24) is 0 Å². The van der Waals surface area contributed by atoms with Gasteiger partial charge in [-0.25, -0.2) is 9.59 Å². The second-order valence-electron chi connectivity index (χ2n) is 8.14. The topological polar surface area (TPSA) is 76.7 Å². The second-order valence-corrected chi connectivity index (χ2v) is 8.14. The highest BCUT2D eigenvalue weighted by molar-refractivity contribution is 5.84. The summed E-state index contributed by atoms with van der Waals surface area (Å²) in [5.41, 5.74) is 1.50. The van der Waals surface area contributed by atoms with Gasteiger partial charge in [0.15, 0.2) is 0 Å². The van der Waals surface area contributed by atoms with Gasteiger partial charge < -0.3 is 9.47 Å². The molecule has 33 heavy (non-hydrogen) atoms. The fraction of sp³-hybridized carbons (Fsp3) is 0.481. The minimum Gasteiger partial charge on any atom is -0.449 e. The summed E-state index contributed by atoms with van der Waals surface area (Å²) in [7, 11) is 0. The van der Waals surface area contributed by atoms with Gasteiger partial charge in [-0.1, -0.05) is 94.2 Å². The third-order valence-electron chi connectivity index (χ3n) is 5.30. The smallest absolute Gasteiger partial charge is 0.411 e. The van der Waals surface area contributed by atoms with Crippen LogP contribution in [0.1, 0.15) is 70.6 Å². The maximum absolute atomic E-state index is 11.7. The quantitative estimate of drug-likeness (QED) is 0.254. The first kappa shape index (κ1) is 26.2. The van der Waals surface area contributed by atoms with Gasteiger partial charge in [0, 0.05) is 11.4 Å². The van der Waals surface area contributed by atoms with Crippen LogP contribution in [-0.4, -0.2) is 25.4 Å². The molecule has 0 spiro atoms. The molecule has 0 heterocycles. The molecule has 0 unspecified atom stereocenters. The normalized spacial score (nSPS) is 10.4. The number of unbranched alkanes of at least 4 members (excludes halogenated alkanes) is 10. The number of carbonyl (C=O) groups is 2. The van der Waals surface area contributed by atoms with Gasteiger partial charge in [0.05, 0.1) is 13.2 Å². The van der Waals surface area contributed by atoms with Crippen LogP contribution in [0.2, 0.25) is 0 Å². The molecule has 0 aliphatic heterocycles. The lowest BCUT2D eigenvalue weighted by atomic mass is 10.1. The van der Waals surface area contributed by atoms with Gasteiger partial charge in [0.1, 0.15) is 0 Å². The van der Waals surface area contributed by atoms with Crippen molar-refractivity contribution in [1.29, 1.82) is 0 Å². The molecule has 2 rings (SSSR count). The summed E-state index contributed by atoms with van der Waals surface area (Å²) in [6.07, 6.45) is 11.9. The zero-order valence-corrected chi connectivity index (χ0v) is 19.6. The van der Waals surface area contributed by atoms with E-state index in [1.54, 1.807) is 0 Å². The fourth-order valence-electron chi connectivity index (χ4n) is 3.48. The summed E-state index contributed by atoms with van der Waals surface area (Å²) in [6, 6.07) is 18.7. The summed E-state index contributed by atoms with van der Waals surface area (Å²) in [6.45, 7) is 0.937. The Labute approximate surface area is 198 Å². The Bertz CT molecular complexity index is 703. The molecule has 0 atom stereocenters. The van der Waals surface area contributed by atoms with Gasteiger partial charge in [0.2, 0.25) is 0 Å². The van der Waals surface area contributed by atoms with Crippen molar-refractivity contribution in [2.24, 2.45) is 0 Å². The molecule has 0 aliphatic carbocycles. The van der Waals surface area contributed by atoms with Crippen LogP contribution in [0.3, 0.4) is 0 Å². The van der Waals surface area contributed by atoms with E-state index >= 15 is 0 Å². The highest BCUT2D eigenvalue weighted by atomic mass is 16.6. The maximum Gasteiger partial charge on any atom is 0.411 e. The van der Waals surface area contributed by atoms with Crippen LogP contribution in [0.25, 0.3) is 0 Å². The first-order chi connectivity index (χ1) is 16.2. The van der Waals surface area contributed by atoms with Crippen LogP contribution in [0.15, 0.2) is 60.7 Å². The summed E-state index contributed by atoms with van der Waals surface area (Å²) in [5.74, 6) is 0. The van der Waals surface area contributed by atoms with E-state index in [0.29, 0.717) is 13.2 Å². The number of benzene rings is 2. The summed E-state index contributed by atoms with van der Waals surface area (Å²) < 4.78 is 10.4. The van der Waals surface area contributed by atoms with E-state index in [4.69, 9.17) is 9.47 Å². The van der Waals surface area contributed by atoms with Crippen LogP contribution in [0.4, 0.5) is 21.0 Å². The molecule has 0 saturated carbocycles. The molecule has 2 aromatic carbocycles. The largest absolute Gasteiger partial charge is 0.449 e. The average Bonchev–Trinajstić information content (AvgIpc) is 2.83. The van der Waals surface area contributed by atoms with E-state index in [1.165, 1.54) is 44.9 Å². The summed E-state index contributed by atoms with van der Waals surface area (Å²) in [5, 5.41) is 5.43. The minimum atomic E-state index is -0.386. The van der Waals surface area contributed by atoms with Gasteiger partial charge in [-0.15, -0.1) is 0 Å². The predicted octanol–water partition coefficient (Wildman–Crippen LogP) is 7.77. The number of anilines is 2. The molecule has 0 bridgehead atoms. The van der Waals surface area contributed by atoms with Crippen molar-refractivity contribution in [3.63, 3.8) is 0 Å². The monoisotopic (exact) mass is 454 g/mol. The Kier molecular flexibility index (Phi) is 13.9. The third kappa shape index (κ3) is 13.9. The number of hydrogen-bond donors (Lipinski definition) is 2. The number of rotatable bonds is 16. The molecule has 180 valence electrons. The maximum atomic E-state index is 11.7. The number of ether oxygens (including phenoxy) is 2.